The maximum Gasteiger partial charge on any atom is 0.407 e. The second-order valence-electron chi connectivity index (χ2n) is 7.48. The van der Waals surface area contributed by atoms with Crippen LogP contribution in [0.3, 0.4) is 0 Å². The number of anilines is 1. The maximum atomic E-state index is 12.0. The topological polar surface area (TPSA) is 54.5 Å². The number of nitrogens with one attached hydrogen (secondary N) is 1. The summed E-state index contributed by atoms with van der Waals surface area (Å²) in [7, 11) is 0. The Hall–Kier alpha value is -1.30. The third kappa shape index (κ3) is 3.37. The SMILES string of the molecule is Cc1cc(N2CC3CC[C@@H](C2)[C@@H]3NC(=O)OC(C)(C)C)sn1. The van der Waals surface area contributed by atoms with E-state index in [1.54, 1.807) is 11.5 Å². The molecule has 6 heteroatoms. The van der Waals surface area contributed by atoms with E-state index < -0.39 is 5.60 Å². The standard InChI is InChI=1S/C16H25N3O2S/c1-10-7-13(22-18-10)19-8-11-5-6-12(9-19)14(11)17-15(20)21-16(2,3)4/h7,11-12,14H,5-6,8-9H2,1-4H3,(H,17,20)/t11-,12?,14-/m0/s1. The first-order valence-corrected chi connectivity index (χ1v) is 8.77. The van der Waals surface area contributed by atoms with Gasteiger partial charge in [0.2, 0.25) is 0 Å². The number of hydrogen-bond acceptors (Lipinski definition) is 5. The molecule has 1 aliphatic carbocycles. The molecule has 1 saturated heterocycles. The molecule has 1 aliphatic heterocycles. The van der Waals surface area contributed by atoms with Gasteiger partial charge < -0.3 is 15.0 Å². The molecule has 1 aromatic heterocycles. The highest BCUT2D eigenvalue weighted by molar-refractivity contribution is 7.10. The van der Waals surface area contributed by atoms with Gasteiger partial charge in [0.25, 0.3) is 0 Å². The fourth-order valence-corrected chi connectivity index (χ4v) is 4.36. The summed E-state index contributed by atoms with van der Waals surface area (Å²) in [4.78, 5) is 14.5. The largest absolute Gasteiger partial charge is 0.444 e. The molecule has 0 aromatic carbocycles. The van der Waals surface area contributed by atoms with Crippen molar-refractivity contribution in [1.82, 2.24) is 9.69 Å². The zero-order valence-corrected chi connectivity index (χ0v) is 14.6. The van der Waals surface area contributed by atoms with E-state index in [1.807, 2.05) is 27.7 Å². The van der Waals surface area contributed by atoms with E-state index in [-0.39, 0.29) is 12.1 Å². The van der Waals surface area contributed by atoms with Crippen LogP contribution in [0.15, 0.2) is 6.07 Å². The van der Waals surface area contributed by atoms with Crippen LogP contribution in [0.25, 0.3) is 0 Å². The maximum absolute atomic E-state index is 12.0. The zero-order valence-electron chi connectivity index (χ0n) is 13.8. The van der Waals surface area contributed by atoms with Gasteiger partial charge in [0.05, 0.1) is 5.69 Å². The minimum absolute atomic E-state index is 0.250. The van der Waals surface area contributed by atoms with Crippen LogP contribution < -0.4 is 10.2 Å². The number of amides is 1. The molecule has 2 bridgehead atoms. The van der Waals surface area contributed by atoms with E-state index >= 15 is 0 Å². The molecule has 22 heavy (non-hydrogen) atoms. The molecule has 5 nitrogen and oxygen atoms in total. The van der Waals surface area contributed by atoms with E-state index in [4.69, 9.17) is 4.74 Å². The van der Waals surface area contributed by atoms with E-state index in [1.165, 1.54) is 17.8 Å². The van der Waals surface area contributed by atoms with Crippen molar-refractivity contribution >= 4 is 22.6 Å². The number of rotatable bonds is 2. The Balaban J connectivity index is 1.62. The average molecular weight is 323 g/mol. The van der Waals surface area contributed by atoms with E-state index in [0.717, 1.165) is 18.8 Å². The summed E-state index contributed by atoms with van der Waals surface area (Å²) in [6.45, 7) is 9.73. The molecule has 2 heterocycles. The molecule has 122 valence electrons. The molecule has 3 rings (SSSR count). The molecular weight excluding hydrogens is 298 g/mol. The van der Waals surface area contributed by atoms with Gasteiger partial charge in [0.15, 0.2) is 0 Å². The molecule has 1 N–H and O–H groups in total. The summed E-state index contributed by atoms with van der Waals surface area (Å²) in [5.74, 6) is 1.02. The van der Waals surface area contributed by atoms with Crippen molar-refractivity contribution in [2.24, 2.45) is 11.8 Å². The molecule has 0 radical (unpaired) electrons. The predicted octanol–water partition coefficient (Wildman–Crippen LogP) is 3.19. The Kier molecular flexibility index (Phi) is 4.05. The molecular formula is C16H25N3O2S. The lowest BCUT2D eigenvalue weighted by Crippen LogP contribution is -2.53. The Morgan fingerprint density at radius 3 is 2.50 bits per heavy atom. The van der Waals surface area contributed by atoms with Crippen LogP contribution in [0.5, 0.6) is 0 Å². The monoisotopic (exact) mass is 323 g/mol. The minimum atomic E-state index is -0.440. The third-order valence-corrected chi connectivity index (χ3v) is 5.39. The van der Waals surface area contributed by atoms with E-state index in [2.05, 4.69) is 20.7 Å². The molecule has 0 spiro atoms. The number of aryl methyl sites for hydroxylation is 1. The Labute approximate surface area is 136 Å². The van der Waals surface area contributed by atoms with Crippen LogP contribution in [-0.4, -0.2) is 35.2 Å². The van der Waals surface area contributed by atoms with Gasteiger partial charge in [-0.1, -0.05) is 0 Å². The van der Waals surface area contributed by atoms with Gasteiger partial charge in [-0.05, 0) is 70.0 Å². The first-order chi connectivity index (χ1) is 10.3. The van der Waals surface area contributed by atoms with Crippen molar-refractivity contribution < 1.29 is 9.53 Å². The van der Waals surface area contributed by atoms with E-state index in [9.17, 15) is 4.79 Å². The fourth-order valence-electron chi connectivity index (χ4n) is 3.58. The lowest BCUT2D eigenvalue weighted by atomic mass is 9.92. The summed E-state index contributed by atoms with van der Waals surface area (Å²) >= 11 is 1.57. The highest BCUT2D eigenvalue weighted by Gasteiger charge is 2.43. The number of nitrogens with zero attached hydrogens (tertiary/aromatic N) is 2. The van der Waals surface area contributed by atoms with Gasteiger partial charge in [-0.15, -0.1) is 0 Å². The number of ether oxygens (including phenoxy) is 1. The molecule has 2 aliphatic rings. The predicted molar refractivity (Wildman–Crippen MR) is 88.4 cm³/mol. The van der Waals surface area contributed by atoms with Crippen LogP contribution in [0.2, 0.25) is 0 Å². The number of alkyl carbamates (subject to hydrolysis) is 1. The fraction of sp³-hybridized carbons (Fsp3) is 0.750. The van der Waals surface area contributed by atoms with E-state index in [0.29, 0.717) is 11.8 Å². The quantitative estimate of drug-likeness (QED) is 0.908. The van der Waals surface area contributed by atoms with Crippen molar-refractivity contribution in [3.63, 3.8) is 0 Å². The van der Waals surface area contributed by atoms with Crippen molar-refractivity contribution in [2.45, 2.75) is 52.2 Å². The first-order valence-electron chi connectivity index (χ1n) is 7.99. The molecule has 3 atom stereocenters. The Morgan fingerprint density at radius 2 is 2.00 bits per heavy atom. The van der Waals surface area contributed by atoms with Crippen LogP contribution in [0.1, 0.15) is 39.3 Å². The number of piperidine rings is 1. The summed E-state index contributed by atoms with van der Waals surface area (Å²) in [6, 6.07) is 2.41. The number of aromatic nitrogens is 1. The average Bonchev–Trinajstić information content (AvgIpc) is 2.89. The second kappa shape index (κ2) is 5.72. The van der Waals surface area contributed by atoms with Gasteiger partial charge in [-0.2, -0.15) is 4.37 Å². The summed E-state index contributed by atoms with van der Waals surface area (Å²) in [5.41, 5.74) is 0.644. The minimum Gasteiger partial charge on any atom is -0.444 e. The highest BCUT2D eigenvalue weighted by atomic mass is 32.1. The van der Waals surface area contributed by atoms with Crippen LogP contribution >= 0.6 is 11.5 Å². The lowest BCUT2D eigenvalue weighted by Gasteiger charge is -2.38. The normalized spacial score (nSPS) is 27.8. The zero-order chi connectivity index (χ0) is 15.9. The van der Waals surface area contributed by atoms with Gasteiger partial charge in [0.1, 0.15) is 10.6 Å². The molecule has 1 unspecified atom stereocenters. The van der Waals surface area contributed by atoms with Crippen LogP contribution in [0.4, 0.5) is 9.80 Å². The molecule has 1 saturated carbocycles. The van der Waals surface area contributed by atoms with Gasteiger partial charge >= 0.3 is 6.09 Å². The molecule has 1 amide bonds. The van der Waals surface area contributed by atoms with Crippen molar-refractivity contribution in [3.05, 3.63) is 11.8 Å². The number of hydrogen-bond donors (Lipinski definition) is 1. The molecule has 1 aromatic rings. The number of carbonyl (C=O) groups is 1. The second-order valence-corrected chi connectivity index (χ2v) is 8.26. The number of carbonyl (C=O) groups excluding carboxylic acids is 1. The first kappa shape index (κ1) is 15.6. The van der Waals surface area contributed by atoms with Gasteiger partial charge in [0, 0.05) is 19.1 Å². The third-order valence-electron chi connectivity index (χ3n) is 4.44. The smallest absolute Gasteiger partial charge is 0.407 e. The molecule has 2 fully saturated rings. The number of fused-ring (bicyclic) bond motifs is 2. The summed E-state index contributed by atoms with van der Waals surface area (Å²) in [5, 5.41) is 4.37. The summed E-state index contributed by atoms with van der Waals surface area (Å²) in [6.07, 6.45) is 2.08. The van der Waals surface area contributed by atoms with Crippen molar-refractivity contribution in [3.8, 4) is 0 Å². The Morgan fingerprint density at radius 1 is 1.36 bits per heavy atom. The van der Waals surface area contributed by atoms with Gasteiger partial charge in [-0.3, -0.25) is 0 Å². The van der Waals surface area contributed by atoms with Crippen molar-refractivity contribution in [2.75, 3.05) is 18.0 Å². The lowest BCUT2D eigenvalue weighted by molar-refractivity contribution is 0.0473. The highest BCUT2D eigenvalue weighted by Crippen LogP contribution is 2.39. The van der Waals surface area contributed by atoms with Crippen molar-refractivity contribution in [1.29, 1.82) is 0 Å². The van der Waals surface area contributed by atoms with Crippen LogP contribution in [-0.2, 0) is 4.74 Å². The Bertz CT molecular complexity index is 538. The van der Waals surface area contributed by atoms with Crippen LogP contribution in [0, 0.1) is 18.8 Å². The van der Waals surface area contributed by atoms with Gasteiger partial charge in [-0.25, -0.2) is 4.79 Å². The summed E-state index contributed by atoms with van der Waals surface area (Å²) < 4.78 is 9.79.